The molecule has 0 aliphatic rings. The predicted molar refractivity (Wildman–Crippen MR) is 77.0 cm³/mol. The van der Waals surface area contributed by atoms with Crippen LogP contribution < -0.4 is 5.32 Å². The molecule has 6 nitrogen and oxygen atoms in total. The molecule has 1 N–H and O–H groups in total. The van der Waals surface area contributed by atoms with E-state index < -0.39 is 16.6 Å². The third kappa shape index (κ3) is 4.53. The van der Waals surface area contributed by atoms with Crippen molar-refractivity contribution in [2.45, 2.75) is 46.1 Å². The van der Waals surface area contributed by atoms with Gasteiger partial charge in [-0.15, -0.1) is 0 Å². The standard InChI is InChI=1S/C14H20N2O4/c1-9(2)10-6-7-11(12(8-10)16(18)19)15-13(17)20-14(3,4)5/h6-9H,1-5H3,(H,15,17). The van der Waals surface area contributed by atoms with Crippen LogP contribution in [0.4, 0.5) is 16.2 Å². The van der Waals surface area contributed by atoms with E-state index in [4.69, 9.17) is 4.74 Å². The molecule has 0 unspecified atom stereocenters. The highest BCUT2D eigenvalue weighted by atomic mass is 16.6. The smallest absolute Gasteiger partial charge is 0.412 e. The Labute approximate surface area is 118 Å². The van der Waals surface area contributed by atoms with Gasteiger partial charge in [0, 0.05) is 6.07 Å². The van der Waals surface area contributed by atoms with Gasteiger partial charge in [-0.05, 0) is 38.3 Å². The van der Waals surface area contributed by atoms with E-state index in [-0.39, 0.29) is 17.3 Å². The second-order valence-corrected chi connectivity index (χ2v) is 5.82. The highest BCUT2D eigenvalue weighted by Gasteiger charge is 2.21. The van der Waals surface area contributed by atoms with E-state index in [1.165, 1.54) is 12.1 Å². The summed E-state index contributed by atoms with van der Waals surface area (Å²) in [5.74, 6) is 0.171. The SMILES string of the molecule is CC(C)c1ccc(NC(=O)OC(C)(C)C)c([N+](=O)[O-])c1. The van der Waals surface area contributed by atoms with Gasteiger partial charge in [-0.25, -0.2) is 4.79 Å². The lowest BCUT2D eigenvalue weighted by atomic mass is 10.0. The van der Waals surface area contributed by atoms with Crippen molar-refractivity contribution in [3.8, 4) is 0 Å². The topological polar surface area (TPSA) is 81.5 Å². The number of benzene rings is 1. The van der Waals surface area contributed by atoms with Crippen LogP contribution in [-0.4, -0.2) is 16.6 Å². The zero-order chi connectivity index (χ0) is 15.5. The zero-order valence-electron chi connectivity index (χ0n) is 12.4. The van der Waals surface area contributed by atoms with Crippen LogP contribution in [0.15, 0.2) is 18.2 Å². The molecule has 0 bridgehead atoms. The predicted octanol–water partition coefficient (Wildman–Crippen LogP) is 4.07. The van der Waals surface area contributed by atoms with Crippen LogP contribution in [0.5, 0.6) is 0 Å². The Morgan fingerprint density at radius 3 is 2.40 bits per heavy atom. The number of nitrogens with one attached hydrogen (secondary N) is 1. The molecule has 1 amide bonds. The molecular formula is C14H20N2O4. The average molecular weight is 280 g/mol. The van der Waals surface area contributed by atoms with Gasteiger partial charge in [0.1, 0.15) is 11.3 Å². The van der Waals surface area contributed by atoms with Gasteiger partial charge in [0.15, 0.2) is 0 Å². The number of nitro benzene ring substituents is 1. The monoisotopic (exact) mass is 280 g/mol. The quantitative estimate of drug-likeness (QED) is 0.668. The van der Waals surface area contributed by atoms with Crippen LogP contribution in [0.2, 0.25) is 0 Å². The maximum absolute atomic E-state index is 11.7. The summed E-state index contributed by atoms with van der Waals surface area (Å²) in [5.41, 5.74) is 0.179. The number of nitro groups is 1. The lowest BCUT2D eigenvalue weighted by Crippen LogP contribution is -2.27. The largest absolute Gasteiger partial charge is 0.444 e. The van der Waals surface area contributed by atoms with Crippen molar-refractivity contribution in [1.82, 2.24) is 0 Å². The van der Waals surface area contributed by atoms with Crippen molar-refractivity contribution in [1.29, 1.82) is 0 Å². The minimum atomic E-state index is -0.710. The first-order valence-corrected chi connectivity index (χ1v) is 6.38. The molecule has 0 fully saturated rings. The molecule has 0 heterocycles. The molecule has 0 saturated carbocycles. The fourth-order valence-corrected chi connectivity index (χ4v) is 1.58. The van der Waals surface area contributed by atoms with Crippen LogP contribution in [0, 0.1) is 10.1 Å². The van der Waals surface area contributed by atoms with E-state index in [0.29, 0.717) is 0 Å². The van der Waals surface area contributed by atoms with Gasteiger partial charge in [-0.2, -0.15) is 0 Å². The molecule has 0 spiro atoms. The number of nitrogens with zero attached hydrogens (tertiary/aromatic N) is 1. The third-order valence-electron chi connectivity index (χ3n) is 2.52. The van der Waals surface area contributed by atoms with Gasteiger partial charge in [-0.1, -0.05) is 19.9 Å². The third-order valence-corrected chi connectivity index (χ3v) is 2.52. The van der Waals surface area contributed by atoms with Gasteiger partial charge in [0.25, 0.3) is 5.69 Å². The van der Waals surface area contributed by atoms with E-state index >= 15 is 0 Å². The molecule has 0 saturated heterocycles. The molecular weight excluding hydrogens is 260 g/mol. The van der Waals surface area contributed by atoms with Crippen LogP contribution >= 0.6 is 0 Å². The molecule has 0 aliphatic carbocycles. The van der Waals surface area contributed by atoms with Crippen LogP contribution in [0.25, 0.3) is 0 Å². The number of carbonyl (C=O) groups is 1. The van der Waals surface area contributed by atoms with Gasteiger partial charge in [0.05, 0.1) is 4.92 Å². The summed E-state index contributed by atoms with van der Waals surface area (Å²) in [6, 6.07) is 4.75. The second-order valence-electron chi connectivity index (χ2n) is 5.82. The fraction of sp³-hybridized carbons (Fsp3) is 0.500. The Balaban J connectivity index is 3.00. The van der Waals surface area contributed by atoms with Crippen molar-refractivity contribution < 1.29 is 14.5 Å². The Kier molecular flexibility index (Phi) is 4.70. The molecule has 110 valence electrons. The number of carbonyl (C=O) groups excluding carboxylic acids is 1. The average Bonchev–Trinajstić information content (AvgIpc) is 2.25. The van der Waals surface area contributed by atoms with Crippen molar-refractivity contribution in [3.63, 3.8) is 0 Å². The van der Waals surface area contributed by atoms with Gasteiger partial charge >= 0.3 is 6.09 Å². The van der Waals surface area contributed by atoms with E-state index in [1.807, 2.05) is 13.8 Å². The molecule has 1 aromatic carbocycles. The van der Waals surface area contributed by atoms with E-state index in [0.717, 1.165) is 5.56 Å². The van der Waals surface area contributed by atoms with Crippen LogP contribution in [0.1, 0.15) is 46.1 Å². The molecule has 0 aromatic heterocycles. The second kappa shape index (κ2) is 5.90. The number of amides is 1. The van der Waals surface area contributed by atoms with Crippen molar-refractivity contribution in [2.75, 3.05) is 5.32 Å². The molecule has 1 aromatic rings. The summed E-state index contributed by atoms with van der Waals surface area (Å²) in [7, 11) is 0. The van der Waals surface area contributed by atoms with Crippen molar-refractivity contribution in [2.24, 2.45) is 0 Å². The lowest BCUT2D eigenvalue weighted by molar-refractivity contribution is -0.384. The number of hydrogen-bond donors (Lipinski definition) is 1. The van der Waals surface area contributed by atoms with E-state index in [2.05, 4.69) is 5.32 Å². The number of rotatable bonds is 3. The van der Waals surface area contributed by atoms with Crippen LogP contribution in [-0.2, 0) is 4.74 Å². The number of ether oxygens (including phenoxy) is 1. The number of hydrogen-bond acceptors (Lipinski definition) is 4. The maximum atomic E-state index is 11.7. The summed E-state index contributed by atoms with van der Waals surface area (Å²) < 4.78 is 5.08. The van der Waals surface area contributed by atoms with Gasteiger partial charge < -0.3 is 4.74 Å². The first kappa shape index (κ1) is 15.9. The molecule has 0 atom stereocenters. The van der Waals surface area contributed by atoms with Crippen molar-refractivity contribution >= 4 is 17.5 Å². The minimum Gasteiger partial charge on any atom is -0.444 e. The van der Waals surface area contributed by atoms with E-state index in [1.54, 1.807) is 26.8 Å². The maximum Gasteiger partial charge on any atom is 0.412 e. The molecule has 0 radical (unpaired) electrons. The highest BCUT2D eigenvalue weighted by Crippen LogP contribution is 2.29. The van der Waals surface area contributed by atoms with Gasteiger partial charge in [0.2, 0.25) is 0 Å². The summed E-state index contributed by atoms with van der Waals surface area (Å²) in [5, 5.41) is 13.5. The molecule has 1 rings (SSSR count). The number of anilines is 1. The van der Waals surface area contributed by atoms with Crippen molar-refractivity contribution in [3.05, 3.63) is 33.9 Å². The highest BCUT2D eigenvalue weighted by molar-refractivity contribution is 5.88. The van der Waals surface area contributed by atoms with Crippen LogP contribution in [0.3, 0.4) is 0 Å². The summed E-state index contributed by atoms with van der Waals surface area (Å²) in [6.07, 6.45) is -0.710. The summed E-state index contributed by atoms with van der Waals surface area (Å²) in [6.45, 7) is 9.06. The fourth-order valence-electron chi connectivity index (χ4n) is 1.58. The first-order chi connectivity index (χ1) is 9.10. The molecule has 6 heteroatoms. The molecule has 20 heavy (non-hydrogen) atoms. The Morgan fingerprint density at radius 1 is 1.35 bits per heavy atom. The summed E-state index contributed by atoms with van der Waals surface area (Å²) in [4.78, 5) is 22.2. The van der Waals surface area contributed by atoms with E-state index in [9.17, 15) is 14.9 Å². The molecule has 0 aliphatic heterocycles. The Morgan fingerprint density at radius 2 is 1.95 bits per heavy atom. The Bertz CT molecular complexity index is 518. The first-order valence-electron chi connectivity index (χ1n) is 6.38. The minimum absolute atomic E-state index is 0.133. The Hall–Kier alpha value is -2.11. The zero-order valence-corrected chi connectivity index (χ0v) is 12.4. The lowest BCUT2D eigenvalue weighted by Gasteiger charge is -2.19. The summed E-state index contributed by atoms with van der Waals surface area (Å²) >= 11 is 0. The normalized spacial score (nSPS) is 11.3. The van der Waals surface area contributed by atoms with Gasteiger partial charge in [-0.3, -0.25) is 15.4 Å².